The predicted molar refractivity (Wildman–Crippen MR) is 78.9 cm³/mol. The molecular formula is C14H29ClN2O. The molecule has 1 aliphatic rings. The van der Waals surface area contributed by atoms with Gasteiger partial charge in [-0.15, -0.1) is 12.4 Å². The van der Waals surface area contributed by atoms with Crippen molar-refractivity contribution in [2.75, 3.05) is 6.54 Å². The fourth-order valence-corrected chi connectivity index (χ4v) is 2.40. The number of carbonyl (C=O) groups excluding carboxylic acids is 1. The first-order chi connectivity index (χ1) is 7.91. The molecule has 0 unspecified atom stereocenters. The third-order valence-corrected chi connectivity index (χ3v) is 3.78. The van der Waals surface area contributed by atoms with Crippen LogP contribution in [0.1, 0.15) is 59.3 Å². The zero-order chi connectivity index (χ0) is 12.9. The number of carbonyl (C=O) groups is 1. The molecule has 0 aromatic heterocycles. The fraction of sp³-hybridized carbons (Fsp3) is 0.929. The smallest absolute Gasteiger partial charge is 0.237 e. The molecule has 3 N–H and O–H groups in total. The van der Waals surface area contributed by atoms with Crippen molar-refractivity contribution in [3.05, 3.63) is 0 Å². The van der Waals surface area contributed by atoms with Gasteiger partial charge in [-0.25, -0.2) is 0 Å². The standard InChI is InChI=1S/C14H28N2O.ClH/c1-14(2,3)12(15)13(17)16-10-6-9-11-7-4-5-8-11;/h11-12H,4-10,15H2,1-3H3,(H,16,17);1H/t12-;/m1./s1. The van der Waals surface area contributed by atoms with Crippen LogP contribution in [0, 0.1) is 11.3 Å². The van der Waals surface area contributed by atoms with Gasteiger partial charge in [-0.3, -0.25) is 4.79 Å². The average molecular weight is 277 g/mol. The number of hydrogen-bond acceptors (Lipinski definition) is 2. The topological polar surface area (TPSA) is 55.1 Å². The first-order valence-corrected chi connectivity index (χ1v) is 6.94. The van der Waals surface area contributed by atoms with Gasteiger partial charge in [0.1, 0.15) is 0 Å². The van der Waals surface area contributed by atoms with E-state index in [0.717, 1.165) is 18.9 Å². The summed E-state index contributed by atoms with van der Waals surface area (Å²) in [5, 5.41) is 2.95. The minimum Gasteiger partial charge on any atom is -0.355 e. The highest BCUT2D eigenvalue weighted by atomic mass is 35.5. The minimum absolute atomic E-state index is 0. The molecule has 3 nitrogen and oxygen atoms in total. The van der Waals surface area contributed by atoms with Gasteiger partial charge in [0.15, 0.2) is 0 Å². The van der Waals surface area contributed by atoms with Gasteiger partial charge in [0, 0.05) is 6.54 Å². The van der Waals surface area contributed by atoms with Crippen molar-refractivity contribution >= 4 is 18.3 Å². The van der Waals surface area contributed by atoms with Crippen LogP contribution < -0.4 is 11.1 Å². The number of hydrogen-bond donors (Lipinski definition) is 2. The van der Waals surface area contributed by atoms with Gasteiger partial charge in [-0.1, -0.05) is 46.5 Å². The summed E-state index contributed by atoms with van der Waals surface area (Å²) in [6.45, 7) is 6.76. The third kappa shape index (κ3) is 6.05. The van der Waals surface area contributed by atoms with Crippen LogP contribution in [0.3, 0.4) is 0 Å². The van der Waals surface area contributed by atoms with Gasteiger partial charge in [0.25, 0.3) is 0 Å². The predicted octanol–water partition coefficient (Wildman–Crippen LogP) is 2.87. The summed E-state index contributed by atoms with van der Waals surface area (Å²) in [6.07, 6.45) is 7.90. The molecule has 0 aromatic rings. The van der Waals surface area contributed by atoms with Crippen molar-refractivity contribution in [1.82, 2.24) is 5.32 Å². The largest absolute Gasteiger partial charge is 0.355 e. The maximum atomic E-state index is 11.7. The van der Waals surface area contributed by atoms with E-state index in [2.05, 4.69) is 5.32 Å². The van der Waals surface area contributed by atoms with Gasteiger partial charge in [0.2, 0.25) is 5.91 Å². The Morgan fingerprint density at radius 1 is 1.33 bits per heavy atom. The second kappa shape index (κ2) is 8.00. The van der Waals surface area contributed by atoms with Gasteiger partial charge in [0.05, 0.1) is 6.04 Å². The Morgan fingerprint density at radius 2 is 1.89 bits per heavy atom. The molecule has 18 heavy (non-hydrogen) atoms. The molecule has 0 saturated heterocycles. The maximum absolute atomic E-state index is 11.7. The third-order valence-electron chi connectivity index (χ3n) is 3.78. The molecule has 1 fully saturated rings. The van der Waals surface area contributed by atoms with Crippen molar-refractivity contribution in [2.24, 2.45) is 17.1 Å². The Morgan fingerprint density at radius 3 is 2.39 bits per heavy atom. The lowest BCUT2D eigenvalue weighted by Crippen LogP contribution is -2.48. The molecule has 0 spiro atoms. The Labute approximate surface area is 118 Å². The fourth-order valence-electron chi connectivity index (χ4n) is 2.40. The monoisotopic (exact) mass is 276 g/mol. The van der Waals surface area contributed by atoms with E-state index in [0.29, 0.717) is 0 Å². The number of rotatable bonds is 5. The maximum Gasteiger partial charge on any atom is 0.237 e. The zero-order valence-electron chi connectivity index (χ0n) is 12.0. The highest BCUT2D eigenvalue weighted by Gasteiger charge is 2.27. The summed E-state index contributed by atoms with van der Waals surface area (Å²) in [6, 6.07) is -0.408. The van der Waals surface area contributed by atoms with E-state index in [-0.39, 0.29) is 23.7 Å². The van der Waals surface area contributed by atoms with Crippen LogP contribution in [0.5, 0.6) is 0 Å². The van der Waals surface area contributed by atoms with Crippen LogP contribution in [0.15, 0.2) is 0 Å². The summed E-state index contributed by atoms with van der Waals surface area (Å²) in [5.74, 6) is 0.895. The SMILES string of the molecule is CC(C)(C)[C@H](N)C(=O)NCCCC1CCCC1.Cl. The Balaban J connectivity index is 0.00000289. The van der Waals surface area contributed by atoms with E-state index in [1.165, 1.54) is 32.1 Å². The number of amides is 1. The lowest BCUT2D eigenvalue weighted by atomic mass is 9.87. The van der Waals surface area contributed by atoms with Crippen LogP contribution >= 0.6 is 12.4 Å². The van der Waals surface area contributed by atoms with Crippen LogP contribution in [0.4, 0.5) is 0 Å². The van der Waals surface area contributed by atoms with Crippen LogP contribution in [0.2, 0.25) is 0 Å². The van der Waals surface area contributed by atoms with Crippen molar-refractivity contribution < 1.29 is 4.79 Å². The molecule has 1 saturated carbocycles. The molecule has 108 valence electrons. The first kappa shape index (κ1) is 17.7. The average Bonchev–Trinajstić information content (AvgIpc) is 2.74. The van der Waals surface area contributed by atoms with Gasteiger partial charge >= 0.3 is 0 Å². The number of nitrogens with two attached hydrogens (primary N) is 1. The van der Waals surface area contributed by atoms with E-state index < -0.39 is 6.04 Å². The second-order valence-corrected chi connectivity index (χ2v) is 6.43. The van der Waals surface area contributed by atoms with E-state index in [9.17, 15) is 4.79 Å². The Kier molecular flexibility index (Phi) is 7.88. The van der Waals surface area contributed by atoms with Gasteiger partial charge in [-0.05, 0) is 24.2 Å². The van der Waals surface area contributed by atoms with Crippen molar-refractivity contribution in [1.29, 1.82) is 0 Å². The molecule has 0 aliphatic heterocycles. The van der Waals surface area contributed by atoms with Crippen molar-refractivity contribution in [2.45, 2.75) is 65.3 Å². The van der Waals surface area contributed by atoms with Crippen LogP contribution in [-0.4, -0.2) is 18.5 Å². The molecule has 1 aliphatic carbocycles. The highest BCUT2D eigenvalue weighted by molar-refractivity contribution is 5.85. The van der Waals surface area contributed by atoms with Gasteiger partial charge in [-0.2, -0.15) is 0 Å². The molecule has 4 heteroatoms. The minimum atomic E-state index is -0.408. The molecule has 1 rings (SSSR count). The number of halogens is 1. The number of nitrogens with one attached hydrogen (secondary N) is 1. The van der Waals surface area contributed by atoms with Crippen LogP contribution in [0.25, 0.3) is 0 Å². The van der Waals surface area contributed by atoms with Crippen LogP contribution in [-0.2, 0) is 4.79 Å². The quantitative estimate of drug-likeness (QED) is 0.759. The molecular weight excluding hydrogens is 248 g/mol. The lowest BCUT2D eigenvalue weighted by Gasteiger charge is -2.25. The summed E-state index contributed by atoms with van der Waals surface area (Å²) in [4.78, 5) is 11.7. The summed E-state index contributed by atoms with van der Waals surface area (Å²) >= 11 is 0. The summed E-state index contributed by atoms with van der Waals surface area (Å²) in [5.41, 5.74) is 5.73. The molecule has 1 atom stereocenters. The molecule has 0 heterocycles. The first-order valence-electron chi connectivity index (χ1n) is 6.94. The van der Waals surface area contributed by atoms with E-state index >= 15 is 0 Å². The molecule has 0 bridgehead atoms. The summed E-state index contributed by atoms with van der Waals surface area (Å²) < 4.78 is 0. The van der Waals surface area contributed by atoms with Crippen molar-refractivity contribution in [3.63, 3.8) is 0 Å². The van der Waals surface area contributed by atoms with E-state index in [1.807, 2.05) is 20.8 Å². The lowest BCUT2D eigenvalue weighted by molar-refractivity contribution is -0.124. The van der Waals surface area contributed by atoms with E-state index in [1.54, 1.807) is 0 Å². The molecule has 0 radical (unpaired) electrons. The summed E-state index contributed by atoms with van der Waals surface area (Å²) in [7, 11) is 0. The second-order valence-electron chi connectivity index (χ2n) is 6.43. The van der Waals surface area contributed by atoms with E-state index in [4.69, 9.17) is 5.73 Å². The molecule has 0 aromatic carbocycles. The Bertz CT molecular complexity index is 245. The Hall–Kier alpha value is -0.280. The normalized spacial score (nSPS) is 18.2. The van der Waals surface area contributed by atoms with Crippen molar-refractivity contribution in [3.8, 4) is 0 Å². The zero-order valence-corrected chi connectivity index (χ0v) is 12.8. The molecule has 1 amide bonds. The highest BCUT2D eigenvalue weighted by Crippen LogP contribution is 2.28. The van der Waals surface area contributed by atoms with Gasteiger partial charge < -0.3 is 11.1 Å².